The van der Waals surface area contributed by atoms with Crippen LogP contribution >= 0.6 is 15.9 Å². The fourth-order valence-corrected chi connectivity index (χ4v) is 2.75. The number of carbonyl (C=O) groups excluding carboxylic acids is 2. The Morgan fingerprint density at radius 2 is 1.80 bits per heavy atom. The van der Waals surface area contributed by atoms with Crippen LogP contribution in [0.25, 0.3) is 0 Å². The molecule has 0 atom stereocenters. The predicted molar refractivity (Wildman–Crippen MR) is 98.6 cm³/mol. The van der Waals surface area contributed by atoms with Gasteiger partial charge in [-0.2, -0.15) is 0 Å². The van der Waals surface area contributed by atoms with Gasteiger partial charge < -0.3 is 19.7 Å². The maximum absolute atomic E-state index is 12.0. The van der Waals surface area contributed by atoms with E-state index in [2.05, 4.69) is 21.2 Å². The second kappa shape index (κ2) is 8.56. The van der Waals surface area contributed by atoms with Gasteiger partial charge in [-0.3, -0.25) is 4.79 Å². The van der Waals surface area contributed by atoms with Crippen molar-refractivity contribution in [3.05, 3.63) is 28.7 Å². The molecule has 2 amide bonds. The summed E-state index contributed by atoms with van der Waals surface area (Å²) in [6.45, 7) is 6.69. The highest BCUT2D eigenvalue weighted by molar-refractivity contribution is 9.10. The van der Waals surface area contributed by atoms with Crippen molar-refractivity contribution in [3.63, 3.8) is 0 Å². The Morgan fingerprint density at radius 1 is 1.20 bits per heavy atom. The maximum Gasteiger partial charge on any atom is 0.410 e. The van der Waals surface area contributed by atoms with Crippen molar-refractivity contribution in [2.24, 2.45) is 0 Å². The number of benzene rings is 1. The predicted octanol–water partition coefficient (Wildman–Crippen LogP) is 3.34. The van der Waals surface area contributed by atoms with Crippen LogP contribution in [-0.4, -0.2) is 48.2 Å². The molecule has 0 radical (unpaired) electrons. The van der Waals surface area contributed by atoms with Crippen LogP contribution in [-0.2, 0) is 9.53 Å². The molecule has 1 aromatic carbocycles. The number of piperidine rings is 1. The van der Waals surface area contributed by atoms with Crippen molar-refractivity contribution in [2.45, 2.75) is 45.3 Å². The highest BCUT2D eigenvalue weighted by Gasteiger charge is 2.27. The lowest BCUT2D eigenvalue weighted by Gasteiger charge is -2.33. The number of nitrogens with one attached hydrogen (secondary N) is 1. The maximum atomic E-state index is 12.0. The van der Waals surface area contributed by atoms with E-state index in [9.17, 15) is 9.59 Å². The molecule has 7 heteroatoms. The summed E-state index contributed by atoms with van der Waals surface area (Å²) >= 11 is 3.35. The second-order valence-electron chi connectivity index (χ2n) is 7.05. The third-order valence-electron chi connectivity index (χ3n) is 3.70. The van der Waals surface area contributed by atoms with E-state index in [1.165, 1.54) is 0 Å². The van der Waals surface area contributed by atoms with Gasteiger partial charge in [0.25, 0.3) is 5.91 Å². The summed E-state index contributed by atoms with van der Waals surface area (Å²) in [5, 5.41) is 2.96. The Bertz CT molecular complexity index is 590. The molecule has 1 N–H and O–H groups in total. The SMILES string of the molecule is CC(C)(C)OC(=O)N1CCC(NC(=O)COc2ccc(Br)cc2)CC1. The summed E-state index contributed by atoms with van der Waals surface area (Å²) in [4.78, 5) is 25.7. The van der Waals surface area contributed by atoms with Crippen molar-refractivity contribution >= 4 is 27.9 Å². The molecule has 0 saturated carbocycles. The minimum Gasteiger partial charge on any atom is -0.484 e. The Morgan fingerprint density at radius 3 is 2.36 bits per heavy atom. The van der Waals surface area contributed by atoms with Crippen LogP contribution in [0.4, 0.5) is 4.79 Å². The third-order valence-corrected chi connectivity index (χ3v) is 4.22. The smallest absolute Gasteiger partial charge is 0.410 e. The molecule has 138 valence electrons. The van der Waals surface area contributed by atoms with E-state index in [0.29, 0.717) is 31.7 Å². The van der Waals surface area contributed by atoms with Crippen molar-refractivity contribution < 1.29 is 19.1 Å². The molecule has 6 nitrogen and oxygen atoms in total. The van der Waals surface area contributed by atoms with Crippen LogP contribution in [0.15, 0.2) is 28.7 Å². The lowest BCUT2D eigenvalue weighted by Crippen LogP contribution is -2.48. The molecular weight excluding hydrogens is 388 g/mol. The minimum atomic E-state index is -0.494. The van der Waals surface area contributed by atoms with E-state index in [4.69, 9.17) is 9.47 Å². The lowest BCUT2D eigenvalue weighted by molar-refractivity contribution is -0.124. The molecule has 1 aliphatic heterocycles. The molecular formula is C18H25BrN2O4. The molecule has 0 aromatic heterocycles. The quantitative estimate of drug-likeness (QED) is 0.822. The summed E-state index contributed by atoms with van der Waals surface area (Å²) in [6, 6.07) is 7.38. The fourth-order valence-electron chi connectivity index (χ4n) is 2.48. The normalized spacial score (nSPS) is 15.6. The van der Waals surface area contributed by atoms with Crippen LogP contribution in [0.1, 0.15) is 33.6 Å². The zero-order chi connectivity index (χ0) is 18.4. The monoisotopic (exact) mass is 412 g/mol. The highest BCUT2D eigenvalue weighted by atomic mass is 79.9. The Hall–Kier alpha value is -1.76. The van der Waals surface area contributed by atoms with Crippen molar-refractivity contribution in [1.82, 2.24) is 10.2 Å². The summed E-state index contributed by atoms with van der Waals surface area (Å²) in [7, 11) is 0. The Balaban J connectivity index is 1.69. The van der Waals surface area contributed by atoms with Gasteiger partial charge in [-0.05, 0) is 57.9 Å². The van der Waals surface area contributed by atoms with Gasteiger partial charge in [-0.15, -0.1) is 0 Å². The van der Waals surface area contributed by atoms with Crippen LogP contribution in [0.5, 0.6) is 5.75 Å². The number of hydrogen-bond acceptors (Lipinski definition) is 4. The molecule has 1 heterocycles. The molecule has 0 aliphatic carbocycles. The van der Waals surface area contributed by atoms with Gasteiger partial charge in [-0.1, -0.05) is 15.9 Å². The number of halogens is 1. The van der Waals surface area contributed by atoms with Crippen molar-refractivity contribution in [2.75, 3.05) is 19.7 Å². The van der Waals surface area contributed by atoms with E-state index >= 15 is 0 Å². The molecule has 1 aliphatic rings. The first kappa shape index (κ1) is 19.6. The van der Waals surface area contributed by atoms with Gasteiger partial charge in [0, 0.05) is 23.6 Å². The molecule has 1 fully saturated rings. The van der Waals surface area contributed by atoms with E-state index in [1.807, 2.05) is 32.9 Å². The average Bonchev–Trinajstić information content (AvgIpc) is 2.53. The van der Waals surface area contributed by atoms with E-state index in [0.717, 1.165) is 4.47 Å². The van der Waals surface area contributed by atoms with Gasteiger partial charge >= 0.3 is 6.09 Å². The van der Waals surface area contributed by atoms with Crippen LogP contribution in [0.2, 0.25) is 0 Å². The Kier molecular flexibility index (Phi) is 6.70. The van der Waals surface area contributed by atoms with Crippen molar-refractivity contribution in [3.8, 4) is 5.75 Å². The molecule has 25 heavy (non-hydrogen) atoms. The Labute approximate surface area is 157 Å². The molecule has 0 spiro atoms. The largest absolute Gasteiger partial charge is 0.484 e. The van der Waals surface area contributed by atoms with E-state index < -0.39 is 5.60 Å². The number of carbonyl (C=O) groups is 2. The van der Waals surface area contributed by atoms with Gasteiger partial charge in [0.05, 0.1) is 0 Å². The van der Waals surface area contributed by atoms with Crippen LogP contribution in [0.3, 0.4) is 0 Å². The summed E-state index contributed by atoms with van der Waals surface area (Å²) < 4.78 is 11.8. The summed E-state index contributed by atoms with van der Waals surface area (Å²) in [5.74, 6) is 0.497. The van der Waals surface area contributed by atoms with Gasteiger partial charge in [0.2, 0.25) is 0 Å². The standard InChI is InChI=1S/C18H25BrN2O4/c1-18(2,3)25-17(23)21-10-8-14(9-11-21)20-16(22)12-24-15-6-4-13(19)5-7-15/h4-7,14H,8-12H2,1-3H3,(H,20,22). The van der Waals surface area contributed by atoms with E-state index in [-0.39, 0.29) is 24.6 Å². The van der Waals surface area contributed by atoms with Gasteiger partial charge in [0.1, 0.15) is 11.4 Å². The fraction of sp³-hybridized carbons (Fsp3) is 0.556. The summed E-state index contributed by atoms with van der Waals surface area (Å²) in [6.07, 6.45) is 1.13. The second-order valence-corrected chi connectivity index (χ2v) is 7.97. The number of likely N-dealkylation sites (tertiary alicyclic amines) is 1. The van der Waals surface area contributed by atoms with Crippen molar-refractivity contribution in [1.29, 1.82) is 0 Å². The third kappa shape index (κ3) is 6.94. The first-order valence-corrected chi connectivity index (χ1v) is 9.18. The number of amides is 2. The summed E-state index contributed by atoms with van der Waals surface area (Å²) in [5.41, 5.74) is -0.494. The number of rotatable bonds is 4. The van der Waals surface area contributed by atoms with Crippen LogP contribution in [0, 0.1) is 0 Å². The first-order chi connectivity index (χ1) is 11.7. The minimum absolute atomic E-state index is 0.0199. The number of hydrogen-bond donors (Lipinski definition) is 1. The number of ether oxygens (including phenoxy) is 2. The molecule has 2 rings (SSSR count). The number of nitrogens with zero attached hydrogens (tertiary/aromatic N) is 1. The molecule has 0 bridgehead atoms. The lowest BCUT2D eigenvalue weighted by atomic mass is 10.1. The molecule has 0 unspecified atom stereocenters. The average molecular weight is 413 g/mol. The van der Waals surface area contributed by atoms with Crippen LogP contribution < -0.4 is 10.1 Å². The topological polar surface area (TPSA) is 67.9 Å². The zero-order valence-electron chi connectivity index (χ0n) is 14.9. The molecule has 1 saturated heterocycles. The molecule has 1 aromatic rings. The zero-order valence-corrected chi connectivity index (χ0v) is 16.5. The van der Waals surface area contributed by atoms with Gasteiger partial charge in [-0.25, -0.2) is 4.79 Å². The van der Waals surface area contributed by atoms with Gasteiger partial charge in [0.15, 0.2) is 6.61 Å². The first-order valence-electron chi connectivity index (χ1n) is 8.38. The van der Waals surface area contributed by atoms with E-state index in [1.54, 1.807) is 17.0 Å². The highest BCUT2D eigenvalue weighted by Crippen LogP contribution is 2.17.